The van der Waals surface area contributed by atoms with Crippen molar-refractivity contribution in [3.63, 3.8) is 0 Å². The van der Waals surface area contributed by atoms with Gasteiger partial charge in [-0.15, -0.1) is 5.10 Å². The topological polar surface area (TPSA) is 239 Å². The first-order valence-corrected chi connectivity index (χ1v) is 16.8. The Kier molecular flexibility index (Phi) is 12.5. The average Bonchev–Trinajstić information content (AvgIpc) is 3.06. The van der Waals surface area contributed by atoms with Gasteiger partial charge in [-0.05, 0) is 65.4 Å². The first-order valence-electron chi connectivity index (χ1n) is 14.0. The van der Waals surface area contributed by atoms with Crippen molar-refractivity contribution in [2.75, 3.05) is 5.43 Å². The molecule has 2 N–H and O–H groups in total. The van der Waals surface area contributed by atoms with Gasteiger partial charge in [0.2, 0.25) is 0 Å². The molecule has 246 valence electrons. The number of hydrogen-bond donors (Lipinski definition) is 2. The molecule has 0 aromatic heterocycles. The summed E-state index contributed by atoms with van der Waals surface area (Å²) in [6.45, 7) is 0. The molecule has 0 spiro atoms. The van der Waals surface area contributed by atoms with Crippen molar-refractivity contribution < 1.29 is 95.1 Å². The minimum absolute atomic E-state index is 0. The van der Waals surface area contributed by atoms with Gasteiger partial charge in [0.1, 0.15) is 10.1 Å². The summed E-state index contributed by atoms with van der Waals surface area (Å²) < 4.78 is 68.5. The van der Waals surface area contributed by atoms with E-state index in [1.807, 2.05) is 0 Å². The predicted octanol–water partition coefficient (Wildman–Crippen LogP) is -1.59. The predicted molar refractivity (Wildman–Crippen MR) is 179 cm³/mol. The third-order valence-corrected chi connectivity index (χ3v) is 8.88. The maximum Gasteiger partial charge on any atom is 1.00 e. The number of allylic oxidation sites excluding steroid dienone is 6. The molecule has 6 rings (SSSR count). The van der Waals surface area contributed by atoms with Crippen molar-refractivity contribution in [3.8, 4) is 5.75 Å². The summed E-state index contributed by atoms with van der Waals surface area (Å²) in [4.78, 5) is 13.1. The molecule has 0 unspecified atom stereocenters. The fraction of sp³-hybridized carbons (Fsp3) is 0. The molecule has 0 saturated heterocycles. The van der Waals surface area contributed by atoms with E-state index >= 15 is 0 Å². The monoisotopic (exact) mass is 742 g/mol. The van der Waals surface area contributed by atoms with Crippen molar-refractivity contribution in [1.29, 1.82) is 0 Å². The molecule has 0 radical (unpaired) electrons. The summed E-state index contributed by atoms with van der Waals surface area (Å²) in [6, 6.07) is 16.6. The molecule has 0 bridgehead atoms. The number of aliphatic imine (C=N–C) groups is 1. The first kappa shape index (κ1) is 39.6. The molecule has 4 aromatic carbocycles. The van der Waals surface area contributed by atoms with E-state index in [4.69, 9.17) is 0 Å². The summed E-state index contributed by atoms with van der Waals surface area (Å²) in [6.07, 6.45) is 9.38. The molecule has 2 aliphatic carbocycles. The molecule has 4 aromatic rings. The molecular weight excluding hydrogens is 722 g/mol. The van der Waals surface area contributed by atoms with Gasteiger partial charge in [-0.25, -0.2) is 13.4 Å². The molecular formula is C32H20N6Na2O9S2. The Bertz CT molecular complexity index is 2510. The Morgan fingerprint density at radius 1 is 0.745 bits per heavy atom. The molecule has 0 amide bonds. The summed E-state index contributed by atoms with van der Waals surface area (Å²) in [5, 5.41) is 37.2. The SMILES string of the molecule is O=[N+]([O-])c1ccc(N=C2C=CC(=NN=C3C=CC(=NNc4cc(S(=O)(=O)O)cc5cccc([O-])c45)c4ccccc43)C=C2)c(S(=O)(=O)[O-])c1.[Na+].[Na+]. The fourth-order valence-electron chi connectivity index (χ4n) is 4.93. The zero-order valence-corrected chi connectivity index (χ0v) is 32.3. The number of nitro benzene ring substituents is 1. The minimum Gasteiger partial charge on any atom is -0.872 e. The van der Waals surface area contributed by atoms with Gasteiger partial charge in [-0.3, -0.25) is 20.1 Å². The van der Waals surface area contributed by atoms with Crippen LogP contribution < -0.4 is 69.6 Å². The Labute approximate surface area is 334 Å². The van der Waals surface area contributed by atoms with Crippen LogP contribution in [-0.2, 0) is 20.2 Å². The van der Waals surface area contributed by atoms with Crippen LogP contribution in [0.2, 0.25) is 0 Å². The number of nitro groups is 1. The first-order chi connectivity index (χ1) is 23.3. The van der Waals surface area contributed by atoms with E-state index in [1.54, 1.807) is 54.6 Å². The Balaban J connectivity index is 0.00000292. The van der Waals surface area contributed by atoms with Gasteiger partial charge in [0.25, 0.3) is 15.8 Å². The van der Waals surface area contributed by atoms with E-state index < -0.39 is 40.6 Å². The van der Waals surface area contributed by atoms with Gasteiger partial charge >= 0.3 is 59.1 Å². The van der Waals surface area contributed by atoms with E-state index in [1.165, 1.54) is 30.4 Å². The summed E-state index contributed by atoms with van der Waals surface area (Å²) in [5.74, 6) is -0.370. The molecule has 0 fully saturated rings. The van der Waals surface area contributed by atoms with Crippen LogP contribution in [0.5, 0.6) is 5.75 Å². The van der Waals surface area contributed by atoms with Gasteiger partial charge in [0.15, 0.2) is 0 Å². The van der Waals surface area contributed by atoms with Crippen molar-refractivity contribution >= 4 is 70.9 Å². The second kappa shape index (κ2) is 16.0. The smallest absolute Gasteiger partial charge is 0.872 e. The second-order valence-corrected chi connectivity index (χ2v) is 13.1. The maximum atomic E-state index is 12.6. The van der Waals surface area contributed by atoms with Crippen LogP contribution in [-0.4, -0.2) is 53.7 Å². The standard InChI is InChI=1S/C32H22N6O9S2.2Na/c39-30-7-3-4-19-16-23(48(42,43)44)18-29(32(19)30)37-36-27-15-14-26(24-5-1-2-6-25(24)27)35-34-21-10-8-20(9-11-21)33-28-13-12-22(38(40)41)17-31(28)49(45,46)47;;/h1-18,37,39H,(H,42,43,44)(H,45,46,47);;/q;2*+1/p-2. The van der Waals surface area contributed by atoms with E-state index in [2.05, 4.69) is 25.7 Å². The zero-order chi connectivity index (χ0) is 34.9. The Hall–Kier alpha value is -4.14. The summed E-state index contributed by atoms with van der Waals surface area (Å²) in [7, 11) is -9.63. The van der Waals surface area contributed by atoms with Crippen LogP contribution >= 0.6 is 0 Å². The number of fused-ring (bicyclic) bond motifs is 2. The molecule has 2 aliphatic rings. The number of benzene rings is 4. The van der Waals surface area contributed by atoms with E-state index in [0.717, 1.165) is 18.2 Å². The maximum absolute atomic E-state index is 12.6. The average molecular weight is 743 g/mol. The molecule has 15 nitrogen and oxygen atoms in total. The number of rotatable bonds is 7. The van der Waals surface area contributed by atoms with Crippen LogP contribution in [0.15, 0.2) is 139 Å². The molecule has 0 aliphatic heterocycles. The van der Waals surface area contributed by atoms with E-state index in [-0.39, 0.29) is 87.3 Å². The number of non-ortho nitro benzene ring substituents is 1. The Morgan fingerprint density at radius 2 is 1.39 bits per heavy atom. The van der Waals surface area contributed by atoms with Crippen molar-refractivity contribution in [3.05, 3.63) is 130 Å². The molecule has 0 heterocycles. The van der Waals surface area contributed by atoms with Crippen LogP contribution in [0.1, 0.15) is 11.1 Å². The van der Waals surface area contributed by atoms with Crippen molar-refractivity contribution in [1.82, 2.24) is 0 Å². The van der Waals surface area contributed by atoms with Gasteiger partial charge in [0.05, 0.1) is 48.9 Å². The van der Waals surface area contributed by atoms with Gasteiger partial charge in [0, 0.05) is 23.3 Å². The van der Waals surface area contributed by atoms with E-state index in [0.29, 0.717) is 39.7 Å². The van der Waals surface area contributed by atoms with E-state index in [9.17, 15) is 41.2 Å². The Morgan fingerprint density at radius 3 is 2.04 bits per heavy atom. The third kappa shape index (κ3) is 9.03. The van der Waals surface area contributed by atoms with Gasteiger partial charge in [-0.2, -0.15) is 18.6 Å². The normalized spacial score (nSPS) is 15.3. The number of hydrazone groups is 1. The molecule has 51 heavy (non-hydrogen) atoms. The minimum atomic E-state index is -5.05. The van der Waals surface area contributed by atoms with Crippen LogP contribution in [0.3, 0.4) is 0 Å². The van der Waals surface area contributed by atoms with Crippen LogP contribution in [0, 0.1) is 10.1 Å². The van der Waals surface area contributed by atoms with Gasteiger partial charge < -0.3 is 9.66 Å². The molecule has 0 saturated carbocycles. The number of anilines is 1. The van der Waals surface area contributed by atoms with Crippen LogP contribution in [0.25, 0.3) is 10.8 Å². The largest absolute Gasteiger partial charge is 1.00 e. The second-order valence-electron chi connectivity index (χ2n) is 10.4. The quantitative estimate of drug-likeness (QED) is 0.0724. The summed E-state index contributed by atoms with van der Waals surface area (Å²) in [5.41, 5.74) is 4.89. The van der Waals surface area contributed by atoms with Crippen molar-refractivity contribution in [2.24, 2.45) is 20.3 Å². The number of nitrogens with zero attached hydrogens (tertiary/aromatic N) is 5. The molecule has 19 heteroatoms. The molecule has 0 atom stereocenters. The fourth-order valence-corrected chi connectivity index (χ4v) is 6.11. The summed E-state index contributed by atoms with van der Waals surface area (Å²) >= 11 is 0. The zero-order valence-electron chi connectivity index (χ0n) is 26.7. The van der Waals surface area contributed by atoms with Crippen LogP contribution in [0.4, 0.5) is 17.1 Å². The van der Waals surface area contributed by atoms with Crippen molar-refractivity contribution in [2.45, 2.75) is 9.79 Å². The van der Waals surface area contributed by atoms with Gasteiger partial charge in [-0.1, -0.05) is 48.2 Å². The third-order valence-electron chi connectivity index (χ3n) is 7.18. The number of nitrogens with one attached hydrogen (secondary N) is 1. The number of hydrogen-bond acceptors (Lipinski definition) is 13.